The molecule has 0 unspecified atom stereocenters. The molecule has 2 aromatic heterocycles. The lowest BCUT2D eigenvalue weighted by atomic mass is 10.2. The Morgan fingerprint density at radius 1 is 1.29 bits per heavy atom. The fourth-order valence-corrected chi connectivity index (χ4v) is 2.05. The van der Waals surface area contributed by atoms with Gasteiger partial charge in [-0.1, -0.05) is 18.2 Å². The summed E-state index contributed by atoms with van der Waals surface area (Å²) in [6.07, 6.45) is 1.33. The van der Waals surface area contributed by atoms with Crippen LogP contribution >= 0.6 is 12.6 Å². The number of aromatic amines is 1. The normalized spacial score (nSPS) is 10.9. The first kappa shape index (κ1) is 10.1. The first-order valence-electron chi connectivity index (χ1n) is 4.88. The van der Waals surface area contributed by atoms with E-state index in [9.17, 15) is 4.79 Å². The third-order valence-corrected chi connectivity index (χ3v) is 2.90. The van der Waals surface area contributed by atoms with E-state index in [0.717, 1.165) is 5.39 Å². The quantitative estimate of drug-likeness (QED) is 0.507. The summed E-state index contributed by atoms with van der Waals surface area (Å²) < 4.78 is 5.21. The predicted molar refractivity (Wildman–Crippen MR) is 65.1 cm³/mol. The van der Waals surface area contributed by atoms with Crippen LogP contribution in [0.15, 0.2) is 44.7 Å². The minimum atomic E-state index is -0.481. The van der Waals surface area contributed by atoms with Gasteiger partial charge in [0.2, 0.25) is 0 Å². The Bertz CT molecular complexity index is 734. The van der Waals surface area contributed by atoms with Gasteiger partial charge in [-0.15, -0.1) is 12.6 Å². The zero-order chi connectivity index (χ0) is 11.8. The van der Waals surface area contributed by atoms with E-state index in [4.69, 9.17) is 4.42 Å². The van der Waals surface area contributed by atoms with Crippen LogP contribution in [0.3, 0.4) is 0 Å². The number of benzene rings is 1. The number of rotatable bonds is 1. The summed E-state index contributed by atoms with van der Waals surface area (Å²) in [5.74, 6) is 0.356. The van der Waals surface area contributed by atoms with Gasteiger partial charge in [-0.25, -0.2) is 9.78 Å². The molecule has 5 nitrogen and oxygen atoms in total. The Labute approximate surface area is 101 Å². The van der Waals surface area contributed by atoms with Crippen LogP contribution in [0, 0.1) is 0 Å². The fraction of sp³-hybridized carbons (Fsp3) is 0. The van der Waals surface area contributed by atoms with E-state index in [1.807, 2.05) is 12.1 Å². The van der Waals surface area contributed by atoms with Crippen molar-refractivity contribution in [1.82, 2.24) is 15.2 Å². The summed E-state index contributed by atoms with van der Waals surface area (Å²) in [6.45, 7) is 0. The monoisotopic (exact) mass is 245 g/mol. The molecule has 0 aliphatic rings. The molecule has 2 heterocycles. The van der Waals surface area contributed by atoms with E-state index < -0.39 is 5.63 Å². The molecular weight excluding hydrogens is 238 g/mol. The molecule has 0 aliphatic heterocycles. The molecule has 17 heavy (non-hydrogen) atoms. The molecule has 0 fully saturated rings. The Morgan fingerprint density at radius 3 is 2.88 bits per heavy atom. The van der Waals surface area contributed by atoms with Gasteiger partial charge in [0.05, 0.1) is 0 Å². The van der Waals surface area contributed by atoms with Gasteiger partial charge < -0.3 is 4.42 Å². The SMILES string of the molecule is O=c1oc2ccccc2c(S)c1-c1ncn[nH]1. The minimum Gasteiger partial charge on any atom is -0.422 e. The van der Waals surface area contributed by atoms with Crippen LogP contribution in [0.5, 0.6) is 0 Å². The van der Waals surface area contributed by atoms with E-state index in [1.165, 1.54) is 6.33 Å². The number of thiol groups is 1. The Balaban J connectivity index is 2.44. The Kier molecular flexibility index (Phi) is 2.22. The van der Waals surface area contributed by atoms with Gasteiger partial charge in [-0.3, -0.25) is 5.10 Å². The van der Waals surface area contributed by atoms with Crippen molar-refractivity contribution in [3.63, 3.8) is 0 Å². The van der Waals surface area contributed by atoms with Crippen LogP contribution in [-0.4, -0.2) is 15.2 Å². The zero-order valence-corrected chi connectivity index (χ0v) is 9.44. The summed E-state index contributed by atoms with van der Waals surface area (Å²) in [6, 6.07) is 7.21. The van der Waals surface area contributed by atoms with E-state index >= 15 is 0 Å². The van der Waals surface area contributed by atoms with Gasteiger partial charge in [0.15, 0.2) is 5.82 Å². The average Bonchev–Trinajstić information content (AvgIpc) is 2.83. The third-order valence-electron chi connectivity index (χ3n) is 2.44. The number of nitrogens with zero attached hydrogens (tertiary/aromatic N) is 2. The molecule has 3 rings (SSSR count). The number of aromatic nitrogens is 3. The molecule has 84 valence electrons. The molecule has 1 N–H and O–H groups in total. The molecular formula is C11H7N3O2S. The van der Waals surface area contributed by atoms with Crippen LogP contribution in [-0.2, 0) is 0 Å². The molecule has 1 aromatic carbocycles. The first-order chi connectivity index (χ1) is 8.27. The van der Waals surface area contributed by atoms with Crippen LogP contribution in [0.25, 0.3) is 22.4 Å². The van der Waals surface area contributed by atoms with Gasteiger partial charge >= 0.3 is 5.63 Å². The highest BCUT2D eigenvalue weighted by atomic mass is 32.1. The van der Waals surface area contributed by atoms with Crippen molar-refractivity contribution < 1.29 is 4.42 Å². The lowest BCUT2D eigenvalue weighted by molar-refractivity contribution is 0.559. The number of para-hydroxylation sites is 1. The van der Waals surface area contributed by atoms with E-state index in [2.05, 4.69) is 27.8 Å². The number of hydrogen-bond donors (Lipinski definition) is 2. The van der Waals surface area contributed by atoms with Crippen LogP contribution in [0.2, 0.25) is 0 Å². The van der Waals surface area contributed by atoms with E-state index in [-0.39, 0.29) is 0 Å². The van der Waals surface area contributed by atoms with Crippen molar-refractivity contribution in [3.05, 3.63) is 41.0 Å². The van der Waals surface area contributed by atoms with E-state index in [0.29, 0.717) is 21.9 Å². The second-order valence-electron chi connectivity index (χ2n) is 3.44. The van der Waals surface area contributed by atoms with Crippen molar-refractivity contribution >= 4 is 23.6 Å². The Morgan fingerprint density at radius 2 is 2.12 bits per heavy atom. The van der Waals surface area contributed by atoms with Crippen LogP contribution in [0.1, 0.15) is 0 Å². The number of fused-ring (bicyclic) bond motifs is 1. The second-order valence-corrected chi connectivity index (χ2v) is 3.89. The smallest absolute Gasteiger partial charge is 0.348 e. The molecule has 0 spiro atoms. The molecule has 0 radical (unpaired) electrons. The van der Waals surface area contributed by atoms with E-state index in [1.54, 1.807) is 12.1 Å². The average molecular weight is 245 g/mol. The summed E-state index contributed by atoms with van der Waals surface area (Å²) in [5.41, 5.74) is 0.320. The number of H-pyrrole nitrogens is 1. The minimum absolute atomic E-state index is 0.296. The van der Waals surface area contributed by atoms with Gasteiger partial charge in [-0.2, -0.15) is 5.10 Å². The summed E-state index contributed by atoms with van der Waals surface area (Å²) in [5, 5.41) is 7.11. The topological polar surface area (TPSA) is 71.8 Å². The number of hydrogen-bond acceptors (Lipinski definition) is 5. The number of nitrogens with one attached hydrogen (secondary N) is 1. The molecule has 0 saturated carbocycles. The third kappa shape index (κ3) is 1.53. The van der Waals surface area contributed by atoms with Crippen molar-refractivity contribution in [2.45, 2.75) is 4.90 Å². The van der Waals surface area contributed by atoms with Gasteiger partial charge in [0, 0.05) is 10.3 Å². The Hall–Kier alpha value is -2.08. The molecule has 0 amide bonds. The van der Waals surface area contributed by atoms with Crippen molar-refractivity contribution in [2.75, 3.05) is 0 Å². The van der Waals surface area contributed by atoms with Crippen LogP contribution < -0.4 is 5.63 Å². The molecule has 0 atom stereocenters. The lowest BCUT2D eigenvalue weighted by Crippen LogP contribution is -2.05. The molecule has 0 aliphatic carbocycles. The van der Waals surface area contributed by atoms with Gasteiger partial charge in [0.1, 0.15) is 17.5 Å². The van der Waals surface area contributed by atoms with Crippen molar-refractivity contribution in [2.24, 2.45) is 0 Å². The maximum atomic E-state index is 11.8. The predicted octanol–water partition coefficient (Wildman–Crippen LogP) is 1.87. The van der Waals surface area contributed by atoms with Crippen molar-refractivity contribution in [1.29, 1.82) is 0 Å². The standard InChI is InChI=1S/C11H7N3O2S/c15-11-8(10-12-5-13-14-10)9(17)6-3-1-2-4-7(6)16-11/h1-5,17H,(H,12,13,14). The maximum Gasteiger partial charge on any atom is 0.348 e. The lowest BCUT2D eigenvalue weighted by Gasteiger charge is -2.03. The van der Waals surface area contributed by atoms with Gasteiger partial charge in [0.25, 0.3) is 0 Å². The summed E-state index contributed by atoms with van der Waals surface area (Å²) >= 11 is 4.37. The highest BCUT2D eigenvalue weighted by molar-refractivity contribution is 7.80. The molecule has 6 heteroatoms. The zero-order valence-electron chi connectivity index (χ0n) is 8.54. The molecule has 0 saturated heterocycles. The maximum absolute atomic E-state index is 11.8. The van der Waals surface area contributed by atoms with Crippen LogP contribution in [0.4, 0.5) is 0 Å². The fourth-order valence-electron chi connectivity index (χ4n) is 1.67. The summed E-state index contributed by atoms with van der Waals surface area (Å²) in [4.78, 5) is 16.3. The highest BCUT2D eigenvalue weighted by Gasteiger charge is 2.15. The highest BCUT2D eigenvalue weighted by Crippen LogP contribution is 2.27. The second kappa shape index (κ2) is 3.74. The van der Waals surface area contributed by atoms with Gasteiger partial charge in [-0.05, 0) is 6.07 Å². The summed E-state index contributed by atoms with van der Waals surface area (Å²) in [7, 11) is 0. The first-order valence-corrected chi connectivity index (χ1v) is 5.32. The van der Waals surface area contributed by atoms with Crippen molar-refractivity contribution in [3.8, 4) is 11.4 Å². The molecule has 0 bridgehead atoms. The largest absolute Gasteiger partial charge is 0.422 e. The molecule has 3 aromatic rings.